The average molecular weight is 839 g/mol. The summed E-state index contributed by atoms with van der Waals surface area (Å²) in [5.41, 5.74) is 19.8. The van der Waals surface area contributed by atoms with Crippen LogP contribution in [0.25, 0.3) is 44.5 Å². The first kappa shape index (κ1) is 43.4. The molecule has 9 aromatic carbocycles. The van der Waals surface area contributed by atoms with Crippen LogP contribution in [-0.4, -0.2) is 0 Å². The smallest absolute Gasteiger partial charge is 0.0463 e. The van der Waals surface area contributed by atoms with E-state index in [4.69, 9.17) is 0 Å². The minimum absolute atomic E-state index is 0.977. The highest BCUT2D eigenvalue weighted by Gasteiger charge is 2.13. The monoisotopic (exact) mass is 838 g/mol. The number of nitrogens with zero attached hydrogens (tertiary/aromatic N) is 1. The first-order chi connectivity index (χ1) is 31.9. The zero-order valence-corrected chi connectivity index (χ0v) is 37.4. The Morgan fingerprint density at radius 3 is 1.34 bits per heavy atom. The number of nitrogens with one attached hydrogen (secondary N) is 1. The van der Waals surface area contributed by atoms with Crippen molar-refractivity contribution in [2.24, 2.45) is 0 Å². The molecular weight excluding hydrogens is 785 g/mol. The molecule has 0 aliphatic carbocycles. The van der Waals surface area contributed by atoms with E-state index in [1.165, 1.54) is 50.1 Å². The largest absolute Gasteiger partial charge is 0.355 e. The van der Waals surface area contributed by atoms with Crippen molar-refractivity contribution < 1.29 is 0 Å². The molecule has 2 heteroatoms. The highest BCUT2D eigenvalue weighted by atomic mass is 15.1. The van der Waals surface area contributed by atoms with Crippen LogP contribution in [0.4, 0.5) is 28.4 Å². The summed E-state index contributed by atoms with van der Waals surface area (Å²) in [6.45, 7) is 10.7. The summed E-state index contributed by atoms with van der Waals surface area (Å²) in [4.78, 5) is 2.31. The van der Waals surface area contributed by atoms with Gasteiger partial charge in [0, 0.05) is 34.0 Å². The predicted octanol–water partition coefficient (Wildman–Crippen LogP) is 17.9. The minimum Gasteiger partial charge on any atom is -0.355 e. The van der Waals surface area contributed by atoms with Gasteiger partial charge >= 0.3 is 0 Å². The van der Waals surface area contributed by atoms with Gasteiger partial charge < -0.3 is 10.2 Å². The van der Waals surface area contributed by atoms with Gasteiger partial charge in [0.05, 0.1) is 0 Å². The molecule has 0 aromatic heterocycles. The van der Waals surface area contributed by atoms with Crippen LogP contribution in [0.15, 0.2) is 261 Å². The van der Waals surface area contributed by atoms with Gasteiger partial charge in [-0.15, -0.1) is 0 Å². The Balaban J connectivity index is 0.000000188. The summed E-state index contributed by atoms with van der Waals surface area (Å²) >= 11 is 0. The van der Waals surface area contributed by atoms with E-state index in [0.717, 1.165) is 45.1 Å². The molecule has 0 bridgehead atoms. The van der Waals surface area contributed by atoms with E-state index >= 15 is 0 Å². The molecule has 0 heterocycles. The molecule has 0 fully saturated rings. The lowest BCUT2D eigenvalue weighted by atomic mass is 9.95. The standard InChI is InChI=1S/C37H29N.C26H25N/c1-28-12-14-30(15-13-28)33-20-24-36(25-21-33)38(35-10-6-3-7-11-35)37-26-22-34(23-27-37)32-18-16-31(17-19-32)29-8-4-2-5-9-29;1-4-12-22(24-16-9-8-13-20(24)2)19-21(3)25-17-10-11-18-26(25)27-23-14-6-5-7-15-23/h2-27H,1H3;4-19,27H,3H2,1-2H3/b;12-4-,22-19+. The molecule has 0 aliphatic rings. The van der Waals surface area contributed by atoms with Crippen LogP contribution < -0.4 is 10.2 Å². The van der Waals surface area contributed by atoms with E-state index in [-0.39, 0.29) is 0 Å². The molecule has 0 saturated carbocycles. The van der Waals surface area contributed by atoms with E-state index in [1.54, 1.807) is 0 Å². The van der Waals surface area contributed by atoms with Crippen LogP contribution in [0.3, 0.4) is 0 Å². The number of hydrogen-bond donors (Lipinski definition) is 1. The maximum absolute atomic E-state index is 4.35. The molecule has 0 aliphatic heterocycles. The van der Waals surface area contributed by atoms with Gasteiger partial charge in [-0.1, -0.05) is 206 Å². The summed E-state index contributed by atoms with van der Waals surface area (Å²) in [6, 6.07) is 83.2. The SMILES string of the molecule is C=C(/C=C(\C=C/C)c1ccccc1C)c1ccccc1Nc1ccccc1.Cc1ccc(-c2ccc(N(c3ccccc3)c3ccc(-c4ccc(-c5ccccc5)cc4)cc3)cc2)cc1. The van der Waals surface area contributed by atoms with Crippen molar-refractivity contribution in [1.82, 2.24) is 0 Å². The predicted molar refractivity (Wildman–Crippen MR) is 281 cm³/mol. The first-order valence-corrected chi connectivity index (χ1v) is 22.2. The van der Waals surface area contributed by atoms with Gasteiger partial charge in [-0.05, 0) is 137 Å². The first-order valence-electron chi connectivity index (χ1n) is 22.2. The van der Waals surface area contributed by atoms with Gasteiger partial charge in [0.2, 0.25) is 0 Å². The van der Waals surface area contributed by atoms with Crippen LogP contribution in [0.2, 0.25) is 0 Å². The molecule has 9 rings (SSSR count). The fourth-order valence-corrected chi connectivity index (χ4v) is 7.97. The van der Waals surface area contributed by atoms with Crippen molar-refractivity contribution in [3.8, 4) is 33.4 Å². The molecule has 316 valence electrons. The Kier molecular flexibility index (Phi) is 14.2. The third-order valence-corrected chi connectivity index (χ3v) is 11.4. The van der Waals surface area contributed by atoms with E-state index in [0.29, 0.717) is 0 Å². The number of hydrogen-bond acceptors (Lipinski definition) is 2. The third kappa shape index (κ3) is 11.1. The zero-order valence-electron chi connectivity index (χ0n) is 37.4. The lowest BCUT2D eigenvalue weighted by molar-refractivity contribution is 1.28. The van der Waals surface area contributed by atoms with Gasteiger partial charge in [-0.3, -0.25) is 0 Å². The van der Waals surface area contributed by atoms with Gasteiger partial charge in [0.15, 0.2) is 0 Å². The molecule has 65 heavy (non-hydrogen) atoms. The highest BCUT2D eigenvalue weighted by molar-refractivity contribution is 5.91. The molecule has 0 atom stereocenters. The normalized spacial score (nSPS) is 11.1. The van der Waals surface area contributed by atoms with Crippen molar-refractivity contribution in [1.29, 1.82) is 0 Å². The topological polar surface area (TPSA) is 15.3 Å². The molecule has 9 aromatic rings. The van der Waals surface area contributed by atoms with Crippen molar-refractivity contribution in [2.45, 2.75) is 20.8 Å². The minimum atomic E-state index is 0.977. The van der Waals surface area contributed by atoms with E-state index in [9.17, 15) is 0 Å². The zero-order chi connectivity index (χ0) is 44.8. The Hall–Kier alpha value is -8.20. The van der Waals surface area contributed by atoms with E-state index in [1.807, 2.05) is 37.3 Å². The molecule has 0 unspecified atom stereocenters. The van der Waals surface area contributed by atoms with Gasteiger partial charge in [0.1, 0.15) is 0 Å². The Morgan fingerprint density at radius 2 is 0.815 bits per heavy atom. The van der Waals surface area contributed by atoms with Crippen LogP contribution in [0, 0.1) is 13.8 Å². The maximum Gasteiger partial charge on any atom is 0.0463 e. The number of aryl methyl sites for hydroxylation is 2. The number of para-hydroxylation sites is 3. The summed E-state index contributed by atoms with van der Waals surface area (Å²) in [7, 11) is 0. The number of rotatable bonds is 12. The van der Waals surface area contributed by atoms with Crippen molar-refractivity contribution in [3.05, 3.63) is 284 Å². The summed E-state index contributed by atoms with van der Waals surface area (Å²) in [5, 5.41) is 3.50. The molecule has 0 amide bonds. The summed E-state index contributed by atoms with van der Waals surface area (Å²) < 4.78 is 0. The van der Waals surface area contributed by atoms with Crippen molar-refractivity contribution in [2.75, 3.05) is 10.2 Å². The maximum atomic E-state index is 4.35. The lowest BCUT2D eigenvalue weighted by Gasteiger charge is -2.26. The summed E-state index contributed by atoms with van der Waals surface area (Å²) in [5.74, 6) is 0. The molecule has 1 N–H and O–H groups in total. The number of anilines is 5. The second-order valence-electron chi connectivity index (χ2n) is 16.1. The molecular formula is C63H54N2. The lowest BCUT2D eigenvalue weighted by Crippen LogP contribution is -2.09. The summed E-state index contributed by atoms with van der Waals surface area (Å²) in [6.07, 6.45) is 6.37. The fourth-order valence-electron chi connectivity index (χ4n) is 7.97. The van der Waals surface area contributed by atoms with Crippen molar-refractivity contribution in [3.63, 3.8) is 0 Å². The van der Waals surface area contributed by atoms with E-state index in [2.05, 4.69) is 255 Å². The average Bonchev–Trinajstić information content (AvgIpc) is 3.36. The second-order valence-corrected chi connectivity index (χ2v) is 16.1. The van der Waals surface area contributed by atoms with Gasteiger partial charge in [0.25, 0.3) is 0 Å². The Labute approximate surface area is 385 Å². The number of benzene rings is 9. The fraction of sp³-hybridized carbons (Fsp3) is 0.0476. The molecule has 0 spiro atoms. The van der Waals surface area contributed by atoms with Crippen LogP contribution in [0.5, 0.6) is 0 Å². The highest BCUT2D eigenvalue weighted by Crippen LogP contribution is 2.37. The number of allylic oxidation sites excluding steroid dienone is 5. The van der Waals surface area contributed by atoms with Gasteiger partial charge in [-0.25, -0.2) is 0 Å². The van der Waals surface area contributed by atoms with E-state index < -0.39 is 0 Å². The van der Waals surface area contributed by atoms with Crippen LogP contribution in [0.1, 0.15) is 29.2 Å². The Morgan fingerprint density at radius 1 is 0.415 bits per heavy atom. The van der Waals surface area contributed by atoms with Crippen LogP contribution >= 0.6 is 0 Å². The molecule has 0 radical (unpaired) electrons. The molecule has 0 saturated heterocycles. The quantitative estimate of drug-likeness (QED) is 0.123. The van der Waals surface area contributed by atoms with Crippen molar-refractivity contribution >= 4 is 39.6 Å². The third-order valence-electron chi connectivity index (χ3n) is 11.4. The Bertz CT molecular complexity index is 2980. The second kappa shape index (κ2) is 21.3. The molecule has 2 nitrogen and oxygen atoms in total. The van der Waals surface area contributed by atoms with Gasteiger partial charge in [-0.2, -0.15) is 0 Å². The van der Waals surface area contributed by atoms with Crippen LogP contribution in [-0.2, 0) is 0 Å².